The van der Waals surface area contributed by atoms with Crippen molar-refractivity contribution in [2.24, 2.45) is 0 Å². The Morgan fingerprint density at radius 3 is 2.58 bits per heavy atom. The molecule has 1 unspecified atom stereocenters. The Labute approximate surface area is 145 Å². The summed E-state index contributed by atoms with van der Waals surface area (Å²) in [5, 5.41) is 12.0. The molecule has 6 nitrogen and oxygen atoms in total. The third-order valence-corrected chi connectivity index (χ3v) is 5.21. The summed E-state index contributed by atoms with van der Waals surface area (Å²) in [7, 11) is 1.62. The second-order valence-corrected chi connectivity index (χ2v) is 6.88. The molecule has 2 aromatic rings. The minimum atomic E-state index is -0.173. The van der Waals surface area contributed by atoms with Crippen molar-refractivity contribution in [1.82, 2.24) is 10.2 Å². The predicted octanol–water partition coefficient (Wildman–Crippen LogP) is 3.49. The van der Waals surface area contributed by atoms with Gasteiger partial charge in [0.25, 0.3) is 5.91 Å². The molecule has 1 aliphatic heterocycles. The highest BCUT2D eigenvalue weighted by molar-refractivity contribution is 7.15. The van der Waals surface area contributed by atoms with Crippen molar-refractivity contribution in [3.05, 3.63) is 34.8 Å². The number of aromatic nitrogens is 2. The Morgan fingerprint density at radius 2 is 1.92 bits per heavy atom. The van der Waals surface area contributed by atoms with E-state index >= 15 is 0 Å². The molecular weight excluding hydrogens is 324 g/mol. The van der Waals surface area contributed by atoms with Gasteiger partial charge in [0.05, 0.1) is 0 Å². The molecule has 3 rings (SSSR count). The first-order chi connectivity index (χ1) is 11.7. The second-order valence-electron chi connectivity index (χ2n) is 5.87. The largest absolute Gasteiger partial charge is 0.374 e. The first kappa shape index (κ1) is 16.9. The van der Waals surface area contributed by atoms with Crippen LogP contribution in [0.2, 0.25) is 0 Å². The molecule has 1 atom stereocenters. The zero-order valence-corrected chi connectivity index (χ0v) is 14.8. The van der Waals surface area contributed by atoms with Gasteiger partial charge in [-0.15, -0.1) is 10.2 Å². The maximum atomic E-state index is 12.3. The summed E-state index contributed by atoms with van der Waals surface area (Å²) in [6.07, 6.45) is 3.66. The van der Waals surface area contributed by atoms with E-state index in [4.69, 9.17) is 4.74 Å². The minimum absolute atomic E-state index is 0.128. The number of hydrogen-bond donors (Lipinski definition) is 1. The molecular formula is C17H22N4O2S. The van der Waals surface area contributed by atoms with Crippen LogP contribution in [0, 0.1) is 0 Å². The minimum Gasteiger partial charge on any atom is -0.374 e. The van der Waals surface area contributed by atoms with Crippen molar-refractivity contribution in [3.8, 4) is 0 Å². The third-order valence-electron chi connectivity index (χ3n) is 4.21. The van der Waals surface area contributed by atoms with E-state index in [1.54, 1.807) is 7.11 Å². The molecule has 2 heterocycles. The number of carbonyl (C=O) groups is 1. The highest BCUT2D eigenvalue weighted by Gasteiger charge is 2.15. The van der Waals surface area contributed by atoms with Crippen LogP contribution in [0.15, 0.2) is 24.3 Å². The quantitative estimate of drug-likeness (QED) is 0.897. The number of rotatable bonds is 5. The zero-order valence-electron chi connectivity index (χ0n) is 14.0. The summed E-state index contributed by atoms with van der Waals surface area (Å²) in [6.45, 7) is 4.08. The smallest absolute Gasteiger partial charge is 0.257 e. The molecule has 1 aliphatic rings. The Kier molecular flexibility index (Phi) is 5.42. The van der Waals surface area contributed by atoms with E-state index in [1.165, 1.54) is 36.3 Å². The molecule has 24 heavy (non-hydrogen) atoms. The monoisotopic (exact) mass is 346 g/mol. The number of carbonyl (C=O) groups excluding carboxylic acids is 1. The van der Waals surface area contributed by atoms with Crippen LogP contribution >= 0.6 is 11.3 Å². The number of benzene rings is 1. The Bertz CT molecular complexity index is 680. The molecule has 1 N–H and O–H groups in total. The van der Waals surface area contributed by atoms with E-state index in [-0.39, 0.29) is 12.0 Å². The normalized spacial score (nSPS) is 16.0. The number of piperidine rings is 1. The van der Waals surface area contributed by atoms with Gasteiger partial charge in [-0.2, -0.15) is 0 Å². The summed E-state index contributed by atoms with van der Waals surface area (Å²) < 4.78 is 5.20. The lowest BCUT2D eigenvalue weighted by Gasteiger charge is -2.28. The van der Waals surface area contributed by atoms with Gasteiger partial charge >= 0.3 is 0 Å². The van der Waals surface area contributed by atoms with Gasteiger partial charge in [0.2, 0.25) is 5.13 Å². The number of hydrogen-bond acceptors (Lipinski definition) is 6. The number of anilines is 2. The molecule has 1 aromatic heterocycles. The fourth-order valence-electron chi connectivity index (χ4n) is 2.70. The molecule has 0 spiro atoms. The zero-order chi connectivity index (χ0) is 16.9. The molecule has 1 amide bonds. The highest BCUT2D eigenvalue weighted by atomic mass is 32.1. The molecule has 7 heteroatoms. The van der Waals surface area contributed by atoms with Crippen molar-refractivity contribution < 1.29 is 9.53 Å². The van der Waals surface area contributed by atoms with Crippen molar-refractivity contribution in [3.63, 3.8) is 0 Å². The Morgan fingerprint density at radius 1 is 1.21 bits per heavy atom. The molecule has 128 valence electrons. The number of nitrogens with one attached hydrogen (secondary N) is 1. The van der Waals surface area contributed by atoms with Gasteiger partial charge in [-0.1, -0.05) is 11.3 Å². The predicted molar refractivity (Wildman–Crippen MR) is 95.8 cm³/mol. The standard InChI is InChI=1S/C17H22N4O2S/c1-12(23-2)16-19-20-17(24-16)18-15(22)13-6-8-14(9-7-13)21-10-4-3-5-11-21/h6-9,12H,3-5,10-11H2,1-2H3,(H,18,20,22). The molecule has 1 fully saturated rings. The van der Waals surface area contributed by atoms with Crippen molar-refractivity contribution in [2.45, 2.75) is 32.3 Å². The fraction of sp³-hybridized carbons (Fsp3) is 0.471. The maximum Gasteiger partial charge on any atom is 0.257 e. The summed E-state index contributed by atoms with van der Waals surface area (Å²) in [6, 6.07) is 7.75. The molecule has 0 radical (unpaired) electrons. The third kappa shape index (κ3) is 3.91. The lowest BCUT2D eigenvalue weighted by atomic mass is 10.1. The fourth-order valence-corrected chi connectivity index (χ4v) is 3.46. The van der Waals surface area contributed by atoms with Crippen LogP contribution in [-0.2, 0) is 4.74 Å². The average molecular weight is 346 g/mol. The van der Waals surface area contributed by atoms with E-state index in [2.05, 4.69) is 20.4 Å². The highest BCUT2D eigenvalue weighted by Crippen LogP contribution is 2.24. The van der Waals surface area contributed by atoms with Gasteiger partial charge in [0.15, 0.2) is 0 Å². The van der Waals surface area contributed by atoms with Gasteiger partial charge < -0.3 is 9.64 Å². The first-order valence-electron chi connectivity index (χ1n) is 8.20. The van der Waals surface area contributed by atoms with Crippen LogP contribution in [0.1, 0.15) is 47.7 Å². The van der Waals surface area contributed by atoms with Crippen LogP contribution in [-0.4, -0.2) is 36.3 Å². The summed E-state index contributed by atoms with van der Waals surface area (Å²) >= 11 is 1.33. The van der Waals surface area contributed by atoms with Crippen LogP contribution in [0.5, 0.6) is 0 Å². The van der Waals surface area contributed by atoms with Crippen molar-refractivity contribution in [1.29, 1.82) is 0 Å². The number of nitrogens with zero attached hydrogens (tertiary/aromatic N) is 3. The average Bonchev–Trinajstić information content (AvgIpc) is 3.10. The van der Waals surface area contributed by atoms with E-state index < -0.39 is 0 Å². The Balaban J connectivity index is 1.63. The number of ether oxygens (including phenoxy) is 1. The molecule has 1 saturated heterocycles. The lowest BCUT2D eigenvalue weighted by molar-refractivity contribution is 0.102. The number of amides is 1. The summed E-state index contributed by atoms with van der Waals surface area (Å²) in [5.74, 6) is -0.173. The Hall–Kier alpha value is -1.99. The van der Waals surface area contributed by atoms with Crippen LogP contribution < -0.4 is 10.2 Å². The van der Waals surface area contributed by atoms with Crippen LogP contribution in [0.25, 0.3) is 0 Å². The van der Waals surface area contributed by atoms with Crippen molar-refractivity contribution >= 4 is 28.1 Å². The van der Waals surface area contributed by atoms with Crippen LogP contribution in [0.3, 0.4) is 0 Å². The van der Waals surface area contributed by atoms with Gasteiger partial charge in [-0.25, -0.2) is 0 Å². The summed E-state index contributed by atoms with van der Waals surface area (Å²) in [4.78, 5) is 14.7. The second kappa shape index (κ2) is 7.72. The van der Waals surface area contributed by atoms with Crippen molar-refractivity contribution in [2.75, 3.05) is 30.4 Å². The van der Waals surface area contributed by atoms with E-state index in [0.29, 0.717) is 10.7 Å². The molecule has 0 aliphatic carbocycles. The topological polar surface area (TPSA) is 67.4 Å². The number of methoxy groups -OCH3 is 1. The summed E-state index contributed by atoms with van der Waals surface area (Å²) in [5.41, 5.74) is 1.80. The van der Waals surface area contributed by atoms with E-state index in [0.717, 1.165) is 18.1 Å². The van der Waals surface area contributed by atoms with Gasteiger partial charge in [-0.3, -0.25) is 10.1 Å². The van der Waals surface area contributed by atoms with Gasteiger partial charge in [0.1, 0.15) is 11.1 Å². The molecule has 0 bridgehead atoms. The molecule has 1 aromatic carbocycles. The molecule has 0 saturated carbocycles. The van der Waals surface area contributed by atoms with E-state index in [9.17, 15) is 4.79 Å². The van der Waals surface area contributed by atoms with Crippen LogP contribution in [0.4, 0.5) is 10.8 Å². The van der Waals surface area contributed by atoms with Gasteiger partial charge in [-0.05, 0) is 50.5 Å². The SMILES string of the molecule is COC(C)c1nnc(NC(=O)c2ccc(N3CCCCC3)cc2)s1. The van der Waals surface area contributed by atoms with Gasteiger partial charge in [0, 0.05) is 31.5 Å². The first-order valence-corrected chi connectivity index (χ1v) is 9.01. The van der Waals surface area contributed by atoms with E-state index in [1.807, 2.05) is 31.2 Å². The lowest BCUT2D eigenvalue weighted by Crippen LogP contribution is -2.29. The maximum absolute atomic E-state index is 12.3.